The fraction of sp³-hybridized carbons (Fsp3) is 0.875. The Morgan fingerprint density at radius 2 is 2.17 bits per heavy atom. The van der Waals surface area contributed by atoms with Crippen LogP contribution in [0.2, 0.25) is 0 Å². The summed E-state index contributed by atoms with van der Waals surface area (Å²) >= 11 is 0. The first-order valence-corrected chi connectivity index (χ1v) is 4.11. The van der Waals surface area contributed by atoms with Gasteiger partial charge in [0, 0.05) is 25.6 Å². The molecule has 0 aromatic rings. The lowest BCUT2D eigenvalue weighted by atomic mass is 10.0. The van der Waals surface area contributed by atoms with Crippen molar-refractivity contribution in [2.45, 2.75) is 19.9 Å². The molecule has 4 heteroatoms. The Balaban J connectivity index is 3.57. The van der Waals surface area contributed by atoms with Crippen LogP contribution in [0.3, 0.4) is 0 Å². The Morgan fingerprint density at radius 1 is 1.58 bits per heavy atom. The number of hydrogen-bond acceptors (Lipinski definition) is 3. The third-order valence-electron chi connectivity index (χ3n) is 1.81. The van der Waals surface area contributed by atoms with Crippen molar-refractivity contribution in [3.8, 4) is 0 Å². The molecule has 4 nitrogen and oxygen atoms in total. The number of nitrogens with two attached hydrogens (primary N) is 1. The Kier molecular flexibility index (Phi) is 5.66. The van der Waals surface area contributed by atoms with E-state index in [4.69, 9.17) is 10.5 Å². The molecular formula is C8H18N2O2. The average Bonchev–Trinajstić information content (AvgIpc) is 2.03. The Morgan fingerprint density at radius 3 is 2.58 bits per heavy atom. The van der Waals surface area contributed by atoms with Gasteiger partial charge in [0.25, 0.3) is 0 Å². The van der Waals surface area contributed by atoms with Gasteiger partial charge in [-0.2, -0.15) is 0 Å². The van der Waals surface area contributed by atoms with Gasteiger partial charge in [-0.3, -0.25) is 4.79 Å². The van der Waals surface area contributed by atoms with E-state index in [1.807, 2.05) is 13.8 Å². The predicted octanol–water partition coefficient (Wildman–Crippen LogP) is -0.268. The van der Waals surface area contributed by atoms with Crippen molar-refractivity contribution >= 4 is 5.91 Å². The van der Waals surface area contributed by atoms with Gasteiger partial charge in [0.1, 0.15) is 0 Å². The van der Waals surface area contributed by atoms with E-state index >= 15 is 0 Å². The highest BCUT2D eigenvalue weighted by molar-refractivity contribution is 5.78. The maximum absolute atomic E-state index is 11.2. The van der Waals surface area contributed by atoms with Crippen molar-refractivity contribution in [1.82, 2.24) is 5.32 Å². The number of nitrogens with one attached hydrogen (secondary N) is 1. The largest absolute Gasteiger partial charge is 0.383 e. The van der Waals surface area contributed by atoms with Crippen LogP contribution in [0.5, 0.6) is 0 Å². The second kappa shape index (κ2) is 5.97. The van der Waals surface area contributed by atoms with Gasteiger partial charge in [-0.15, -0.1) is 0 Å². The smallest absolute Gasteiger partial charge is 0.224 e. The summed E-state index contributed by atoms with van der Waals surface area (Å²) in [5.41, 5.74) is 5.55. The fourth-order valence-electron chi connectivity index (χ4n) is 0.676. The quantitative estimate of drug-likeness (QED) is 0.564. The zero-order chi connectivity index (χ0) is 9.56. The minimum atomic E-state index is -0.137. The van der Waals surface area contributed by atoms with Gasteiger partial charge in [-0.05, 0) is 6.92 Å². The first-order chi connectivity index (χ1) is 5.59. The van der Waals surface area contributed by atoms with Crippen LogP contribution in [-0.4, -0.2) is 32.2 Å². The van der Waals surface area contributed by atoms with Crippen molar-refractivity contribution < 1.29 is 9.53 Å². The normalized spacial score (nSPS) is 15.3. The monoisotopic (exact) mass is 174 g/mol. The highest BCUT2D eigenvalue weighted by atomic mass is 16.5. The highest BCUT2D eigenvalue weighted by Gasteiger charge is 2.15. The van der Waals surface area contributed by atoms with Crippen LogP contribution in [0.4, 0.5) is 0 Å². The number of carbonyl (C=O) groups excluding carboxylic acids is 1. The summed E-state index contributed by atoms with van der Waals surface area (Å²) < 4.78 is 4.79. The summed E-state index contributed by atoms with van der Waals surface area (Å²) in [5, 5.41) is 2.72. The topological polar surface area (TPSA) is 64.3 Å². The molecule has 0 heterocycles. The van der Waals surface area contributed by atoms with Gasteiger partial charge in [0.15, 0.2) is 0 Å². The first-order valence-electron chi connectivity index (χ1n) is 4.11. The molecular weight excluding hydrogens is 156 g/mol. The molecule has 0 rings (SSSR count). The zero-order valence-corrected chi connectivity index (χ0v) is 7.96. The van der Waals surface area contributed by atoms with Gasteiger partial charge in [-0.25, -0.2) is 0 Å². The molecule has 2 unspecified atom stereocenters. The Labute approximate surface area is 73.5 Å². The molecule has 0 spiro atoms. The van der Waals surface area contributed by atoms with Gasteiger partial charge in [-0.1, -0.05) is 6.92 Å². The Hall–Kier alpha value is -0.610. The number of hydrogen-bond donors (Lipinski definition) is 2. The molecule has 0 fully saturated rings. The molecule has 0 saturated heterocycles. The maximum Gasteiger partial charge on any atom is 0.224 e. The van der Waals surface area contributed by atoms with Crippen molar-refractivity contribution in [3.05, 3.63) is 0 Å². The summed E-state index contributed by atoms with van der Waals surface area (Å²) in [4.78, 5) is 11.2. The molecule has 72 valence electrons. The van der Waals surface area contributed by atoms with Crippen LogP contribution in [0.15, 0.2) is 0 Å². The van der Waals surface area contributed by atoms with Crippen molar-refractivity contribution in [2.75, 3.05) is 20.3 Å². The van der Waals surface area contributed by atoms with Gasteiger partial charge in [0.05, 0.1) is 6.61 Å². The molecule has 0 bridgehead atoms. The van der Waals surface area contributed by atoms with Crippen molar-refractivity contribution in [3.63, 3.8) is 0 Å². The maximum atomic E-state index is 11.2. The van der Waals surface area contributed by atoms with E-state index in [1.165, 1.54) is 0 Å². The summed E-state index contributed by atoms with van der Waals surface area (Å²) in [6, 6.07) is -0.104. The van der Waals surface area contributed by atoms with E-state index in [2.05, 4.69) is 5.32 Å². The number of methoxy groups -OCH3 is 1. The van der Waals surface area contributed by atoms with E-state index in [1.54, 1.807) is 7.11 Å². The van der Waals surface area contributed by atoms with Crippen molar-refractivity contribution in [2.24, 2.45) is 11.7 Å². The number of amides is 1. The second-order valence-corrected chi connectivity index (χ2v) is 2.93. The minimum Gasteiger partial charge on any atom is -0.383 e. The standard InChI is InChI=1S/C8H18N2O2/c1-6(7(2)9)8(11)10-4-5-12-3/h6-7H,4-5,9H2,1-3H3,(H,10,11). The molecule has 1 amide bonds. The van der Waals surface area contributed by atoms with Gasteiger partial charge >= 0.3 is 0 Å². The SMILES string of the molecule is COCCNC(=O)C(C)C(C)N. The summed E-state index contributed by atoms with van der Waals surface area (Å²) in [7, 11) is 1.60. The zero-order valence-electron chi connectivity index (χ0n) is 7.96. The summed E-state index contributed by atoms with van der Waals surface area (Å²) in [6.45, 7) is 4.72. The molecule has 0 radical (unpaired) electrons. The molecule has 12 heavy (non-hydrogen) atoms. The lowest BCUT2D eigenvalue weighted by Crippen LogP contribution is -2.39. The third kappa shape index (κ3) is 4.31. The average molecular weight is 174 g/mol. The number of ether oxygens (including phenoxy) is 1. The van der Waals surface area contributed by atoms with Crippen LogP contribution in [0, 0.1) is 5.92 Å². The van der Waals surface area contributed by atoms with Crippen LogP contribution in [-0.2, 0) is 9.53 Å². The van der Waals surface area contributed by atoms with Gasteiger partial charge < -0.3 is 15.8 Å². The van der Waals surface area contributed by atoms with E-state index in [0.29, 0.717) is 13.2 Å². The van der Waals surface area contributed by atoms with Crippen LogP contribution >= 0.6 is 0 Å². The van der Waals surface area contributed by atoms with E-state index in [9.17, 15) is 4.79 Å². The molecule has 0 aliphatic carbocycles. The molecule has 0 aromatic carbocycles. The predicted molar refractivity (Wildman–Crippen MR) is 47.7 cm³/mol. The fourth-order valence-corrected chi connectivity index (χ4v) is 0.676. The third-order valence-corrected chi connectivity index (χ3v) is 1.81. The van der Waals surface area contributed by atoms with E-state index in [-0.39, 0.29) is 17.9 Å². The first kappa shape index (κ1) is 11.4. The second-order valence-electron chi connectivity index (χ2n) is 2.93. The molecule has 2 atom stereocenters. The number of rotatable bonds is 5. The molecule has 3 N–H and O–H groups in total. The Bertz CT molecular complexity index is 137. The van der Waals surface area contributed by atoms with Crippen molar-refractivity contribution in [1.29, 1.82) is 0 Å². The van der Waals surface area contributed by atoms with Gasteiger partial charge in [0.2, 0.25) is 5.91 Å². The lowest BCUT2D eigenvalue weighted by Gasteiger charge is -2.14. The summed E-state index contributed by atoms with van der Waals surface area (Å²) in [5.74, 6) is -0.149. The van der Waals surface area contributed by atoms with Crippen LogP contribution < -0.4 is 11.1 Å². The highest BCUT2D eigenvalue weighted by Crippen LogP contribution is 1.98. The lowest BCUT2D eigenvalue weighted by molar-refractivity contribution is -0.125. The van der Waals surface area contributed by atoms with E-state index < -0.39 is 0 Å². The minimum absolute atomic E-state index is 0.0120. The van der Waals surface area contributed by atoms with E-state index in [0.717, 1.165) is 0 Å². The molecule has 0 saturated carbocycles. The molecule has 0 aliphatic heterocycles. The number of carbonyl (C=O) groups is 1. The molecule has 0 aromatic heterocycles. The van der Waals surface area contributed by atoms with Crippen LogP contribution in [0.25, 0.3) is 0 Å². The molecule has 0 aliphatic rings. The summed E-state index contributed by atoms with van der Waals surface area (Å²) in [6.07, 6.45) is 0. The van der Waals surface area contributed by atoms with Crippen LogP contribution in [0.1, 0.15) is 13.8 Å².